The van der Waals surface area contributed by atoms with Gasteiger partial charge in [0.15, 0.2) is 17.3 Å². The molecule has 1 aromatic heterocycles. The Hall–Kier alpha value is -3.46. The van der Waals surface area contributed by atoms with E-state index in [1.807, 2.05) is 50.2 Å². The fraction of sp³-hybridized carbons (Fsp3) is 0.273. The van der Waals surface area contributed by atoms with Crippen molar-refractivity contribution in [1.29, 1.82) is 0 Å². The maximum absolute atomic E-state index is 13.3. The standard InChI is InChI=1S/C22H25N5O3Si/c1-14-10-16(11-15(2)21(14)30-31(3,4)5)12-19-22(28)27(13-20-23-25-26-24-20)17-8-6-7-9-18(17)29-19/h6-12H,13H2,1-5H3,(H,23,24,25,26). The van der Waals surface area contributed by atoms with Gasteiger partial charge in [-0.1, -0.05) is 17.3 Å². The molecule has 1 aliphatic heterocycles. The molecule has 1 aliphatic rings. The molecule has 4 rings (SSSR count). The molecule has 0 radical (unpaired) electrons. The van der Waals surface area contributed by atoms with Crippen LogP contribution in [0.4, 0.5) is 5.69 Å². The summed E-state index contributed by atoms with van der Waals surface area (Å²) < 4.78 is 12.2. The molecule has 1 amide bonds. The van der Waals surface area contributed by atoms with Crippen molar-refractivity contribution in [1.82, 2.24) is 20.6 Å². The first-order valence-electron chi connectivity index (χ1n) is 10.0. The second kappa shape index (κ2) is 7.99. The number of hydrogen-bond acceptors (Lipinski definition) is 6. The number of hydrogen-bond donors (Lipinski definition) is 1. The van der Waals surface area contributed by atoms with Gasteiger partial charge in [0.25, 0.3) is 5.91 Å². The van der Waals surface area contributed by atoms with Gasteiger partial charge in [-0.2, -0.15) is 5.21 Å². The molecule has 160 valence electrons. The van der Waals surface area contributed by atoms with Crippen molar-refractivity contribution in [2.45, 2.75) is 40.0 Å². The zero-order valence-electron chi connectivity index (χ0n) is 18.3. The smallest absolute Gasteiger partial charge is 0.294 e. The highest BCUT2D eigenvalue weighted by atomic mass is 28.4. The van der Waals surface area contributed by atoms with E-state index in [0.717, 1.165) is 22.4 Å². The van der Waals surface area contributed by atoms with Crippen molar-refractivity contribution in [3.05, 3.63) is 64.7 Å². The minimum absolute atomic E-state index is 0.189. The number of ether oxygens (including phenoxy) is 1. The molecule has 9 heteroatoms. The van der Waals surface area contributed by atoms with Crippen LogP contribution < -0.4 is 14.1 Å². The zero-order valence-corrected chi connectivity index (χ0v) is 19.3. The highest BCUT2D eigenvalue weighted by Gasteiger charge is 2.31. The summed E-state index contributed by atoms with van der Waals surface area (Å²) in [5.74, 6) is 1.91. The number of aromatic nitrogens is 4. The number of nitrogens with one attached hydrogen (secondary N) is 1. The number of nitrogens with zero attached hydrogens (tertiary/aromatic N) is 4. The Morgan fingerprint density at radius 3 is 2.52 bits per heavy atom. The average Bonchev–Trinajstić information content (AvgIpc) is 3.20. The average molecular weight is 436 g/mol. The lowest BCUT2D eigenvalue weighted by Crippen LogP contribution is -2.37. The van der Waals surface area contributed by atoms with Crippen molar-refractivity contribution < 1.29 is 14.0 Å². The highest BCUT2D eigenvalue weighted by molar-refractivity contribution is 6.70. The highest BCUT2D eigenvalue weighted by Crippen LogP contribution is 2.36. The van der Waals surface area contributed by atoms with E-state index < -0.39 is 8.32 Å². The van der Waals surface area contributed by atoms with Crippen LogP contribution in [0, 0.1) is 13.8 Å². The maximum atomic E-state index is 13.3. The number of anilines is 1. The summed E-state index contributed by atoms with van der Waals surface area (Å²) in [6.45, 7) is 10.7. The zero-order chi connectivity index (χ0) is 22.2. The first-order chi connectivity index (χ1) is 14.7. The summed E-state index contributed by atoms with van der Waals surface area (Å²) in [6, 6.07) is 11.4. The van der Waals surface area contributed by atoms with E-state index in [-0.39, 0.29) is 18.2 Å². The summed E-state index contributed by atoms with van der Waals surface area (Å²) in [5, 5.41) is 14.0. The topological polar surface area (TPSA) is 93.2 Å². The molecule has 3 aromatic rings. The molecule has 0 bridgehead atoms. The van der Waals surface area contributed by atoms with Crippen molar-refractivity contribution >= 4 is 26.0 Å². The monoisotopic (exact) mass is 435 g/mol. The Morgan fingerprint density at radius 2 is 1.87 bits per heavy atom. The van der Waals surface area contributed by atoms with Crippen LogP contribution in [-0.4, -0.2) is 34.8 Å². The van der Waals surface area contributed by atoms with E-state index >= 15 is 0 Å². The third kappa shape index (κ3) is 4.51. The Morgan fingerprint density at radius 1 is 1.16 bits per heavy atom. The Balaban J connectivity index is 1.70. The molecule has 0 aliphatic carbocycles. The molecule has 0 saturated heterocycles. The SMILES string of the molecule is Cc1cc(C=C2Oc3ccccc3N(Cc3nn[nH]n3)C2=O)cc(C)c1O[Si](C)(C)C. The molecular formula is C22H25N5O3Si. The molecule has 31 heavy (non-hydrogen) atoms. The number of aryl methyl sites for hydroxylation is 2. The Bertz CT molecular complexity index is 1130. The molecule has 2 aromatic carbocycles. The van der Waals surface area contributed by atoms with Gasteiger partial charge >= 0.3 is 0 Å². The van der Waals surface area contributed by atoms with E-state index in [9.17, 15) is 4.79 Å². The summed E-state index contributed by atoms with van der Waals surface area (Å²) >= 11 is 0. The van der Waals surface area contributed by atoms with Crippen LogP contribution in [0.2, 0.25) is 19.6 Å². The van der Waals surface area contributed by atoms with Crippen LogP contribution in [0.15, 0.2) is 42.2 Å². The first kappa shape index (κ1) is 20.8. The predicted octanol–water partition coefficient (Wildman–Crippen LogP) is 4.00. The number of para-hydroxylation sites is 2. The minimum atomic E-state index is -1.73. The predicted molar refractivity (Wildman–Crippen MR) is 120 cm³/mol. The van der Waals surface area contributed by atoms with Gasteiger partial charge in [-0.25, -0.2) is 0 Å². The van der Waals surface area contributed by atoms with Gasteiger partial charge in [-0.3, -0.25) is 9.69 Å². The van der Waals surface area contributed by atoms with E-state index in [2.05, 4.69) is 40.3 Å². The van der Waals surface area contributed by atoms with E-state index in [1.165, 1.54) is 0 Å². The summed E-state index contributed by atoms with van der Waals surface area (Å²) in [7, 11) is -1.73. The number of tetrazole rings is 1. The number of rotatable bonds is 5. The molecular weight excluding hydrogens is 410 g/mol. The van der Waals surface area contributed by atoms with Gasteiger partial charge in [0, 0.05) is 0 Å². The van der Waals surface area contributed by atoms with Crippen LogP contribution in [0.1, 0.15) is 22.5 Å². The number of fused-ring (bicyclic) bond motifs is 1. The van der Waals surface area contributed by atoms with Crippen LogP contribution >= 0.6 is 0 Å². The largest absolute Gasteiger partial charge is 0.544 e. The lowest BCUT2D eigenvalue weighted by molar-refractivity contribution is -0.117. The van der Waals surface area contributed by atoms with Crippen LogP contribution in [0.25, 0.3) is 6.08 Å². The third-order valence-electron chi connectivity index (χ3n) is 4.71. The van der Waals surface area contributed by atoms with Gasteiger partial charge in [-0.05, 0) is 80.5 Å². The number of amides is 1. The number of H-pyrrole nitrogens is 1. The van der Waals surface area contributed by atoms with Crippen LogP contribution in [0.5, 0.6) is 11.5 Å². The second-order valence-electron chi connectivity index (χ2n) is 8.50. The number of benzene rings is 2. The van der Waals surface area contributed by atoms with Crippen molar-refractivity contribution in [3.63, 3.8) is 0 Å². The van der Waals surface area contributed by atoms with Gasteiger partial charge in [0.1, 0.15) is 5.75 Å². The fourth-order valence-electron chi connectivity index (χ4n) is 3.50. The van der Waals surface area contributed by atoms with Crippen molar-refractivity contribution in [2.75, 3.05) is 4.90 Å². The summed E-state index contributed by atoms with van der Waals surface area (Å²) in [6.07, 6.45) is 1.76. The summed E-state index contributed by atoms with van der Waals surface area (Å²) in [4.78, 5) is 14.9. The van der Waals surface area contributed by atoms with Crippen molar-refractivity contribution in [2.24, 2.45) is 0 Å². The second-order valence-corrected chi connectivity index (χ2v) is 12.9. The van der Waals surface area contributed by atoms with Crippen LogP contribution in [0.3, 0.4) is 0 Å². The first-order valence-corrected chi connectivity index (χ1v) is 13.4. The molecule has 0 saturated carbocycles. The van der Waals surface area contributed by atoms with Gasteiger partial charge in [0.2, 0.25) is 8.32 Å². The molecule has 8 nitrogen and oxygen atoms in total. The Kier molecular flexibility index (Phi) is 5.36. The third-order valence-corrected chi connectivity index (χ3v) is 5.53. The van der Waals surface area contributed by atoms with E-state index in [0.29, 0.717) is 17.3 Å². The van der Waals surface area contributed by atoms with E-state index in [1.54, 1.807) is 11.0 Å². The lowest BCUT2D eigenvalue weighted by atomic mass is 10.0. The quantitative estimate of drug-likeness (QED) is 0.481. The molecule has 0 unspecified atom stereocenters. The van der Waals surface area contributed by atoms with Crippen LogP contribution in [-0.2, 0) is 11.3 Å². The molecule has 0 spiro atoms. The number of aromatic amines is 1. The Labute approximate surface area is 182 Å². The molecule has 1 N–H and O–H groups in total. The van der Waals surface area contributed by atoms with Gasteiger partial charge in [0.05, 0.1) is 12.2 Å². The maximum Gasteiger partial charge on any atom is 0.294 e. The lowest BCUT2D eigenvalue weighted by Gasteiger charge is -2.29. The normalized spacial score (nSPS) is 15.1. The number of carbonyl (C=O) groups excluding carboxylic acids is 1. The molecule has 0 atom stereocenters. The van der Waals surface area contributed by atoms with Crippen molar-refractivity contribution in [3.8, 4) is 11.5 Å². The van der Waals surface area contributed by atoms with Gasteiger partial charge in [-0.15, -0.1) is 10.2 Å². The molecule has 0 fully saturated rings. The van der Waals surface area contributed by atoms with Gasteiger partial charge < -0.3 is 9.16 Å². The number of carbonyl (C=O) groups is 1. The van der Waals surface area contributed by atoms with E-state index in [4.69, 9.17) is 9.16 Å². The molecule has 2 heterocycles. The fourth-order valence-corrected chi connectivity index (χ4v) is 4.43. The summed E-state index contributed by atoms with van der Waals surface area (Å²) in [5.41, 5.74) is 3.60. The minimum Gasteiger partial charge on any atom is -0.544 e.